The van der Waals surface area contributed by atoms with E-state index in [1.807, 2.05) is 52.0 Å². The van der Waals surface area contributed by atoms with Gasteiger partial charge in [0.05, 0.1) is 13.2 Å². The molecule has 0 spiro atoms. The summed E-state index contributed by atoms with van der Waals surface area (Å²) in [5.41, 5.74) is 0.899. The summed E-state index contributed by atoms with van der Waals surface area (Å²) in [6.07, 6.45) is 0.837. The number of hydrogen-bond donors (Lipinski definition) is 3. The Morgan fingerprint density at radius 1 is 1.20 bits per heavy atom. The second-order valence-corrected chi connectivity index (χ2v) is 6.62. The molecule has 0 aromatic heterocycles. The number of nitrogens with one attached hydrogen (secondary N) is 3. The number of carbonyl (C=O) groups excluding carboxylic acids is 1. The van der Waals surface area contributed by atoms with Crippen LogP contribution < -0.4 is 20.7 Å². The molecule has 1 aromatic rings. The maximum Gasteiger partial charge on any atom is 0.239 e. The van der Waals surface area contributed by atoms with E-state index in [1.165, 1.54) is 0 Å². The van der Waals surface area contributed by atoms with Gasteiger partial charge in [-0.1, -0.05) is 18.2 Å². The Morgan fingerprint density at radius 3 is 2.48 bits per heavy atom. The van der Waals surface area contributed by atoms with Crippen molar-refractivity contribution in [3.63, 3.8) is 0 Å². The zero-order chi connectivity index (χ0) is 18.0. The number of hydrogen-bond acceptors (Lipinski definition) is 3. The Balaban J connectivity index is 0.00000576. The van der Waals surface area contributed by atoms with Crippen LogP contribution in [0, 0.1) is 6.92 Å². The molecule has 0 aliphatic carbocycles. The van der Waals surface area contributed by atoms with Crippen LogP contribution in [-0.4, -0.2) is 44.1 Å². The first-order valence-corrected chi connectivity index (χ1v) is 8.26. The fraction of sp³-hybridized carbons (Fsp3) is 0.556. The monoisotopic (exact) mass is 462 g/mol. The third-order valence-corrected chi connectivity index (χ3v) is 3.12. The number of nitrogens with zero attached hydrogens (tertiary/aromatic N) is 1. The first-order valence-electron chi connectivity index (χ1n) is 8.26. The van der Waals surface area contributed by atoms with Gasteiger partial charge < -0.3 is 20.7 Å². The molecule has 6 nitrogen and oxygen atoms in total. The van der Waals surface area contributed by atoms with Crippen molar-refractivity contribution in [2.24, 2.45) is 4.99 Å². The lowest BCUT2D eigenvalue weighted by molar-refractivity contribution is -0.121. The summed E-state index contributed by atoms with van der Waals surface area (Å²) in [6.45, 7) is 9.41. The lowest BCUT2D eigenvalue weighted by Crippen LogP contribution is -2.48. The van der Waals surface area contributed by atoms with Crippen molar-refractivity contribution in [3.8, 4) is 5.75 Å². The van der Waals surface area contributed by atoms with Crippen molar-refractivity contribution >= 4 is 35.8 Å². The highest BCUT2D eigenvalue weighted by atomic mass is 127. The van der Waals surface area contributed by atoms with E-state index in [0.29, 0.717) is 19.1 Å². The molecule has 7 heteroatoms. The summed E-state index contributed by atoms with van der Waals surface area (Å²) in [7, 11) is 1.68. The lowest BCUT2D eigenvalue weighted by Gasteiger charge is -2.21. The first kappa shape index (κ1) is 23.5. The van der Waals surface area contributed by atoms with E-state index in [9.17, 15) is 4.79 Å². The average molecular weight is 462 g/mol. The first-order chi connectivity index (χ1) is 11.3. The smallest absolute Gasteiger partial charge is 0.239 e. The zero-order valence-electron chi connectivity index (χ0n) is 15.8. The van der Waals surface area contributed by atoms with E-state index in [-0.39, 0.29) is 42.0 Å². The summed E-state index contributed by atoms with van der Waals surface area (Å²) < 4.78 is 5.74. The van der Waals surface area contributed by atoms with Crippen LogP contribution >= 0.6 is 24.0 Å². The Bertz CT molecular complexity index is 556. The van der Waals surface area contributed by atoms with Crippen LogP contribution in [0.1, 0.15) is 32.8 Å². The van der Waals surface area contributed by atoms with Crippen molar-refractivity contribution in [1.29, 1.82) is 0 Å². The fourth-order valence-electron chi connectivity index (χ4n) is 2.03. The van der Waals surface area contributed by atoms with E-state index >= 15 is 0 Å². The summed E-state index contributed by atoms with van der Waals surface area (Å²) >= 11 is 0. The second kappa shape index (κ2) is 11.9. The van der Waals surface area contributed by atoms with Crippen LogP contribution in [0.3, 0.4) is 0 Å². The molecule has 0 aliphatic rings. The van der Waals surface area contributed by atoms with Gasteiger partial charge in [0.2, 0.25) is 5.91 Å². The topological polar surface area (TPSA) is 74.8 Å². The van der Waals surface area contributed by atoms with Crippen molar-refractivity contribution in [2.45, 2.75) is 39.7 Å². The van der Waals surface area contributed by atoms with Gasteiger partial charge in [0.25, 0.3) is 0 Å². The van der Waals surface area contributed by atoms with Gasteiger partial charge in [-0.25, -0.2) is 0 Å². The maximum absolute atomic E-state index is 11.8. The van der Waals surface area contributed by atoms with Crippen molar-refractivity contribution in [1.82, 2.24) is 16.0 Å². The number of benzene rings is 1. The standard InChI is InChI=1S/C18H30N4O2.HI/c1-14-9-6-7-10-15(14)24-12-8-11-20-17(19-5)21-13-16(23)22-18(2,3)4;/h6-7,9-10H,8,11-13H2,1-5H3,(H,22,23)(H2,19,20,21);1H. The minimum Gasteiger partial charge on any atom is -0.493 e. The Labute approximate surface area is 168 Å². The van der Waals surface area contributed by atoms with Crippen molar-refractivity contribution in [2.75, 3.05) is 26.7 Å². The number of halogens is 1. The molecular formula is C18H31IN4O2. The molecule has 0 heterocycles. The van der Waals surface area contributed by atoms with Gasteiger partial charge in [-0.3, -0.25) is 9.79 Å². The molecule has 1 aromatic carbocycles. The number of guanidine groups is 1. The van der Waals surface area contributed by atoms with Gasteiger partial charge in [0.1, 0.15) is 5.75 Å². The number of ether oxygens (including phenoxy) is 1. The molecule has 0 bridgehead atoms. The zero-order valence-corrected chi connectivity index (χ0v) is 18.1. The van der Waals surface area contributed by atoms with Crippen LogP contribution in [0.5, 0.6) is 5.75 Å². The van der Waals surface area contributed by atoms with Crippen molar-refractivity contribution < 1.29 is 9.53 Å². The van der Waals surface area contributed by atoms with Gasteiger partial charge in [0, 0.05) is 19.1 Å². The predicted octanol–water partition coefficient (Wildman–Crippen LogP) is 2.46. The lowest BCUT2D eigenvalue weighted by atomic mass is 10.1. The third kappa shape index (κ3) is 10.9. The Morgan fingerprint density at radius 2 is 1.88 bits per heavy atom. The molecule has 0 radical (unpaired) electrons. The average Bonchev–Trinajstić information content (AvgIpc) is 2.50. The van der Waals surface area contributed by atoms with Gasteiger partial charge in [-0.15, -0.1) is 24.0 Å². The molecule has 1 amide bonds. The summed E-state index contributed by atoms with van der Waals surface area (Å²) in [5.74, 6) is 1.46. The van der Waals surface area contributed by atoms with E-state index < -0.39 is 0 Å². The van der Waals surface area contributed by atoms with Crippen LogP contribution in [0.4, 0.5) is 0 Å². The predicted molar refractivity (Wildman–Crippen MR) is 114 cm³/mol. The van der Waals surface area contributed by atoms with Gasteiger partial charge in [-0.05, 0) is 45.7 Å². The van der Waals surface area contributed by atoms with E-state index in [1.54, 1.807) is 7.05 Å². The van der Waals surface area contributed by atoms with Crippen LogP contribution in [0.15, 0.2) is 29.3 Å². The molecule has 142 valence electrons. The molecule has 0 saturated carbocycles. The molecule has 25 heavy (non-hydrogen) atoms. The number of aryl methyl sites for hydroxylation is 1. The number of para-hydroxylation sites is 1. The summed E-state index contributed by atoms with van der Waals surface area (Å²) in [5, 5.41) is 9.06. The highest BCUT2D eigenvalue weighted by Gasteiger charge is 2.13. The molecule has 0 unspecified atom stereocenters. The van der Waals surface area contributed by atoms with E-state index in [4.69, 9.17) is 4.74 Å². The normalized spacial score (nSPS) is 11.3. The summed E-state index contributed by atoms with van der Waals surface area (Å²) in [4.78, 5) is 15.9. The Hall–Kier alpha value is -1.51. The fourth-order valence-corrected chi connectivity index (χ4v) is 2.03. The number of carbonyl (C=O) groups is 1. The molecule has 1 rings (SSSR count). The van der Waals surface area contributed by atoms with Gasteiger partial charge in [-0.2, -0.15) is 0 Å². The SMILES string of the molecule is CN=C(NCCCOc1ccccc1C)NCC(=O)NC(C)(C)C.I. The minimum absolute atomic E-state index is 0. The molecule has 0 fully saturated rings. The van der Waals surface area contributed by atoms with Gasteiger partial charge in [0.15, 0.2) is 5.96 Å². The van der Waals surface area contributed by atoms with Crippen LogP contribution in [0.25, 0.3) is 0 Å². The quantitative estimate of drug-likeness (QED) is 0.252. The molecule has 0 atom stereocenters. The summed E-state index contributed by atoms with van der Waals surface area (Å²) in [6, 6.07) is 7.96. The number of aliphatic imine (C=N–C) groups is 1. The van der Waals surface area contributed by atoms with E-state index in [0.717, 1.165) is 17.7 Å². The highest BCUT2D eigenvalue weighted by molar-refractivity contribution is 14.0. The minimum atomic E-state index is -0.234. The molecule has 3 N–H and O–H groups in total. The number of amides is 1. The van der Waals surface area contributed by atoms with Crippen molar-refractivity contribution in [3.05, 3.63) is 29.8 Å². The van der Waals surface area contributed by atoms with Gasteiger partial charge >= 0.3 is 0 Å². The molecule has 0 aliphatic heterocycles. The Kier molecular flexibility index (Phi) is 11.2. The van der Waals surface area contributed by atoms with E-state index in [2.05, 4.69) is 20.9 Å². The third-order valence-electron chi connectivity index (χ3n) is 3.12. The molecule has 0 saturated heterocycles. The molecular weight excluding hydrogens is 431 g/mol. The largest absolute Gasteiger partial charge is 0.493 e. The van der Waals surface area contributed by atoms with Crippen LogP contribution in [0.2, 0.25) is 0 Å². The second-order valence-electron chi connectivity index (χ2n) is 6.62. The number of rotatable bonds is 7. The van der Waals surface area contributed by atoms with Crippen LogP contribution in [-0.2, 0) is 4.79 Å². The highest BCUT2D eigenvalue weighted by Crippen LogP contribution is 2.15. The maximum atomic E-state index is 11.8.